The number of aryl methyl sites for hydroxylation is 1. The number of aliphatic imine (C=N–C) groups is 1. The maximum atomic E-state index is 14.4. The van der Waals surface area contributed by atoms with Gasteiger partial charge in [-0.25, -0.2) is 4.98 Å². The number of aliphatic carboxylic acids is 2. The Hall–Kier alpha value is -13.9. The predicted molar refractivity (Wildman–Crippen MR) is 535 cm³/mol. The Morgan fingerprint density at radius 1 is 0.619 bits per heavy atom. The van der Waals surface area contributed by atoms with Gasteiger partial charge in [-0.15, -0.1) is 10.2 Å². The van der Waals surface area contributed by atoms with Gasteiger partial charge < -0.3 is 131 Å². The summed E-state index contributed by atoms with van der Waals surface area (Å²) >= 11 is 0. The number of unbranched alkanes of at least 4 members (excludes halogenated alkanes) is 13. The normalized spacial score (nSPS) is 18.1. The Bertz CT molecular complexity index is 4990. The smallest absolute Gasteiger partial charge is 0.317 e. The van der Waals surface area contributed by atoms with Gasteiger partial charge in [0.15, 0.2) is 23.4 Å². The summed E-state index contributed by atoms with van der Waals surface area (Å²) in [4.78, 5) is 253. The Labute approximate surface area is 852 Å². The van der Waals surface area contributed by atoms with E-state index in [1.165, 1.54) is 89.1 Å². The maximum Gasteiger partial charge on any atom is 0.317 e. The minimum atomic E-state index is -1.71. The number of nitrogens with two attached hydrogens (primary N) is 3. The number of aromatic nitrogens is 7. The van der Waals surface area contributed by atoms with Crippen molar-refractivity contribution < 1.29 is 116 Å². The molecule has 7 rings (SSSR count). The second-order valence-electron chi connectivity index (χ2n) is 36.4. The molecule has 2 fully saturated rings. The molecule has 812 valence electrons. The summed E-state index contributed by atoms with van der Waals surface area (Å²) in [7, 11) is 1.57. The van der Waals surface area contributed by atoms with Crippen molar-refractivity contribution in [3.63, 3.8) is 0 Å². The van der Waals surface area contributed by atoms with Gasteiger partial charge in [0.05, 0.1) is 76.6 Å². The van der Waals surface area contributed by atoms with Crippen LogP contribution in [0.25, 0.3) is 10.9 Å². The molecule has 3 aromatic heterocycles. The van der Waals surface area contributed by atoms with Gasteiger partial charge in [0.2, 0.25) is 82.7 Å². The van der Waals surface area contributed by atoms with Crippen molar-refractivity contribution in [2.75, 3.05) is 92.4 Å². The number of nitrogens with one attached hydrogen (secondary N) is 16. The number of aromatic amines is 3. The molecule has 26 N–H and O–H groups in total. The Balaban J connectivity index is 0.000000466. The molecule has 14 amide bonds. The SMILES string of the molecule is CCCC[C@H](NC(=O)[C@H](CN(CC(=O)O)CC(=O)O)NC(=O)[C@H](Cc1cnc[nH]1)NC(=O)[C@H](CCC(N)=O)NC(=O)[C@H](CO)NC(=O)CNC(=O)COCCOCCNC(=O)CCCCCCCCCCCCCCCc1nn[nH]n1)C(C)=O.CN[C@H]1CCC(=O)NCCCC[C@@H](C(C)=O)NC(=O)[C@H](Cc2c[nH]c3ccccc23)NC(=O)[C@H](CCCN=C(N)N)NC(=O)[C@@H](Cc2ccccc2)NC(=O)[C@@H]2C[C@@H](O)CN2C1=O. The van der Waals surface area contributed by atoms with Crippen LogP contribution in [0.5, 0.6) is 0 Å². The molecule has 5 aromatic rings. The molecule has 2 aromatic carbocycles. The summed E-state index contributed by atoms with van der Waals surface area (Å²) in [5, 5.41) is 88.6. The number of guanidine groups is 1. The van der Waals surface area contributed by atoms with Crippen LogP contribution in [0.3, 0.4) is 0 Å². The molecule has 2 aliphatic rings. The number of carboxylic acids is 2. The quantitative estimate of drug-likeness (QED) is 0.0109. The lowest BCUT2D eigenvalue weighted by Gasteiger charge is -2.30. The first-order valence-corrected chi connectivity index (χ1v) is 50.3. The van der Waals surface area contributed by atoms with Crippen LogP contribution >= 0.6 is 0 Å². The van der Waals surface area contributed by atoms with Gasteiger partial charge in [-0.1, -0.05) is 144 Å². The highest BCUT2D eigenvalue weighted by Gasteiger charge is 2.43. The third-order valence-electron chi connectivity index (χ3n) is 24.5. The Morgan fingerprint density at radius 3 is 1.87 bits per heavy atom. The number of aliphatic hydroxyl groups is 2. The number of para-hydroxylation sites is 1. The standard InChI is InChI=1S/C53H89N15O16.C44H61N11O8/c1-3-4-18-38(36(2)70)60-52(81)41(30-68(31-48(75)76)32-49(77)78)63-51(80)40(27-37-28-55-35-58-37)62-50(79)39(21-22-43(54)71)61-53(82)42(33-69)59-46(73)29-57-47(74)34-84-26-25-83-24-23-56-45(72)20-17-15-13-11-9-7-5-6-8-10-12-14-16-19-44-64-66-67-65-44;1-26(56)31-14-8-9-19-48-38(58)18-17-34(47-2)43(63)55-25-29(57)23-37(55)42(62)54-35(21-27-11-4-3-5-12-27)40(60)52-33(16-10-20-49-44(45)46)39(59)53-36(41(61)51-31)22-28-24-50-32-15-7-6-13-30(28)32/h28,35,38-42,69H,3-27,29-34H2,1-2H3,(H2,54,71)(H,55,58)(H,56,72)(H,57,74)(H,59,73)(H,60,81)(H,61,82)(H,62,79)(H,63,80)(H,75,76)(H,77,78)(H,64,65,66,67);3-7,11-13,15,24,29,31,33-37,47,50,57H,8-10,14,16-23,25H2,1-2H3,(H,48,58)(H,51,61)(H,52,60)(H,53,59)(H,54,62)(H4,45,46,49)/t38-,39-,40-,41-,42-;29-,31+,33+,34+,35-,36+,37+/m01/s1. The summed E-state index contributed by atoms with van der Waals surface area (Å²) < 4.78 is 10.7. The highest BCUT2D eigenvalue weighted by atomic mass is 16.5. The number of imidazole rings is 1. The molecule has 50 heteroatoms. The van der Waals surface area contributed by atoms with Gasteiger partial charge in [-0.2, -0.15) is 5.21 Å². The largest absolute Gasteiger partial charge is 0.480 e. The second-order valence-corrected chi connectivity index (χ2v) is 36.4. The third kappa shape index (κ3) is 48.4. The summed E-state index contributed by atoms with van der Waals surface area (Å²) in [6.07, 6.45) is 21.3. The van der Waals surface area contributed by atoms with E-state index < -0.39 is 213 Å². The number of hydrogen-bond acceptors (Lipinski definition) is 29. The number of carbonyl (C=O) groups excluding carboxylic acids is 16. The fourth-order valence-electron chi connectivity index (χ4n) is 16.5. The monoisotopic (exact) mass is 2060 g/mol. The van der Waals surface area contributed by atoms with Crippen LogP contribution < -0.4 is 86.3 Å². The van der Waals surface area contributed by atoms with E-state index in [1.54, 1.807) is 43.6 Å². The zero-order chi connectivity index (χ0) is 107. The first-order chi connectivity index (χ1) is 70.5. The van der Waals surface area contributed by atoms with Crippen molar-refractivity contribution in [3.05, 3.63) is 96.0 Å². The van der Waals surface area contributed by atoms with Crippen LogP contribution in [0, 0.1) is 0 Å². The number of aliphatic hydroxyl groups excluding tert-OH is 2. The fraction of sp³-hybridized carbons (Fsp3) is 0.619. The fourth-order valence-corrected chi connectivity index (χ4v) is 16.5. The molecule has 147 heavy (non-hydrogen) atoms. The number of carbonyl (C=O) groups is 18. The lowest BCUT2D eigenvalue weighted by atomic mass is 10.0. The van der Waals surface area contributed by atoms with Crippen molar-refractivity contribution in [2.24, 2.45) is 22.2 Å². The van der Waals surface area contributed by atoms with E-state index in [1.807, 2.05) is 31.2 Å². The van der Waals surface area contributed by atoms with Crippen LogP contribution in [0.2, 0.25) is 0 Å². The van der Waals surface area contributed by atoms with Crippen molar-refractivity contribution in [3.8, 4) is 0 Å². The second kappa shape index (κ2) is 68.5. The van der Waals surface area contributed by atoms with Crippen LogP contribution in [0.1, 0.15) is 217 Å². The highest BCUT2D eigenvalue weighted by Crippen LogP contribution is 2.24. The topological polar surface area (TPSA) is 759 Å². The summed E-state index contributed by atoms with van der Waals surface area (Å²) in [5.74, 6) is -13.4. The molecule has 2 saturated heterocycles. The van der Waals surface area contributed by atoms with Gasteiger partial charge in [0.25, 0.3) is 0 Å². The summed E-state index contributed by atoms with van der Waals surface area (Å²) in [5.41, 5.74) is 18.9. The number of primary amides is 1. The number of likely N-dealkylation sites (N-methyl/N-ethyl adjacent to an activating group) is 1. The highest BCUT2D eigenvalue weighted by molar-refractivity contribution is 6.00. The Kier molecular flexibility index (Phi) is 56.8. The maximum absolute atomic E-state index is 14.4. The molecule has 0 bridgehead atoms. The number of amides is 14. The molecular weight excluding hydrogens is 1910 g/mol. The van der Waals surface area contributed by atoms with Crippen LogP contribution in [0.4, 0.5) is 0 Å². The number of rotatable bonds is 61. The number of benzene rings is 2. The van der Waals surface area contributed by atoms with Crippen LogP contribution in [-0.2, 0) is 121 Å². The van der Waals surface area contributed by atoms with Gasteiger partial charge in [-0.3, -0.25) is 96.2 Å². The van der Waals surface area contributed by atoms with E-state index >= 15 is 0 Å². The number of carboxylic acid groups (broad SMARTS) is 2. The summed E-state index contributed by atoms with van der Waals surface area (Å²) in [6, 6.07) is 2.02. The van der Waals surface area contributed by atoms with Gasteiger partial charge in [0.1, 0.15) is 54.9 Å². The van der Waals surface area contributed by atoms with E-state index in [2.05, 4.69) is 110 Å². The number of hydrogen-bond donors (Lipinski definition) is 23. The average Bonchev–Trinajstić information content (AvgIpc) is 1.61. The molecule has 0 aliphatic carbocycles. The zero-order valence-electron chi connectivity index (χ0n) is 84.3. The molecule has 50 nitrogen and oxygen atoms in total. The predicted octanol–water partition coefficient (Wildman–Crippen LogP) is -2.47. The van der Waals surface area contributed by atoms with Crippen molar-refractivity contribution in [1.29, 1.82) is 0 Å². The number of ketones is 2. The van der Waals surface area contributed by atoms with Crippen LogP contribution in [0.15, 0.2) is 78.3 Å². The molecule has 0 radical (unpaired) electrons. The average molecular weight is 2060 g/mol. The van der Waals surface area contributed by atoms with Gasteiger partial charge in [-0.05, 0) is 102 Å². The number of nitrogens with zero attached hydrogens (tertiary/aromatic N) is 7. The molecule has 2 aliphatic heterocycles. The minimum Gasteiger partial charge on any atom is -0.480 e. The van der Waals surface area contributed by atoms with Crippen molar-refractivity contribution in [2.45, 2.75) is 292 Å². The molecule has 0 saturated carbocycles. The first kappa shape index (κ1) is 122. The lowest BCUT2D eigenvalue weighted by Crippen LogP contribution is -2.61. The van der Waals surface area contributed by atoms with Crippen molar-refractivity contribution in [1.82, 2.24) is 114 Å². The molecule has 0 unspecified atom stereocenters. The van der Waals surface area contributed by atoms with E-state index in [0.29, 0.717) is 44.2 Å². The van der Waals surface area contributed by atoms with E-state index in [-0.39, 0.29) is 133 Å². The van der Waals surface area contributed by atoms with Gasteiger partial charge >= 0.3 is 11.9 Å². The number of fused-ring (bicyclic) bond motifs is 2. The molecular formula is C97H150N26O24. The van der Waals surface area contributed by atoms with Crippen LogP contribution in [-0.4, -0.2) is 343 Å². The molecule has 5 heterocycles. The summed E-state index contributed by atoms with van der Waals surface area (Å²) in [6.45, 7) is 0.850. The third-order valence-corrected chi connectivity index (χ3v) is 24.5. The molecule has 0 spiro atoms. The minimum absolute atomic E-state index is 0.00372. The van der Waals surface area contributed by atoms with Crippen molar-refractivity contribution >= 4 is 123 Å². The number of H-pyrrole nitrogens is 3. The number of Topliss-reactive ketones (excluding diaryl/α,β-unsaturated/α-hetero) is 2. The Morgan fingerprint density at radius 2 is 1.23 bits per heavy atom. The lowest BCUT2D eigenvalue weighted by molar-refractivity contribution is -0.143. The van der Waals surface area contributed by atoms with E-state index in [4.69, 9.17) is 26.7 Å². The zero-order valence-corrected chi connectivity index (χ0v) is 84.3. The number of tetrazole rings is 1. The van der Waals surface area contributed by atoms with Gasteiger partial charge in [0, 0.05) is 113 Å². The first-order valence-electron chi connectivity index (χ1n) is 50.3. The van der Waals surface area contributed by atoms with E-state index in [9.17, 15) is 107 Å². The molecule has 12 atom stereocenters. The van der Waals surface area contributed by atoms with E-state index in [0.717, 1.165) is 59.3 Å². The number of ether oxygens (including phenoxy) is 2.